The molecule has 1 saturated heterocycles. The fraction of sp³-hybridized carbons (Fsp3) is 0.917. The summed E-state index contributed by atoms with van der Waals surface area (Å²) in [5, 5.41) is 3.23. The van der Waals surface area contributed by atoms with Crippen LogP contribution in [0.4, 0.5) is 0 Å². The number of carbonyl (C=O) groups is 1. The summed E-state index contributed by atoms with van der Waals surface area (Å²) in [7, 11) is 0. The van der Waals surface area contributed by atoms with Crippen molar-refractivity contribution >= 4 is 5.91 Å². The van der Waals surface area contributed by atoms with Gasteiger partial charge in [-0.1, -0.05) is 26.7 Å². The zero-order chi connectivity index (χ0) is 11.1. The monoisotopic (exact) mass is 210 g/mol. The van der Waals surface area contributed by atoms with E-state index in [2.05, 4.69) is 31.0 Å². The van der Waals surface area contributed by atoms with Crippen LogP contribution in [0.3, 0.4) is 0 Å². The molecule has 1 saturated carbocycles. The average molecular weight is 210 g/mol. The molecule has 0 spiro atoms. The Morgan fingerprint density at radius 2 is 2.13 bits per heavy atom. The molecule has 2 unspecified atom stereocenters. The predicted octanol–water partition coefficient (Wildman–Crippen LogP) is 1.73. The highest BCUT2D eigenvalue weighted by Crippen LogP contribution is 2.39. The molecule has 86 valence electrons. The second-order valence-corrected chi connectivity index (χ2v) is 5.61. The second-order valence-electron chi connectivity index (χ2n) is 5.61. The number of nitrogens with one attached hydrogen (secondary N) is 1. The summed E-state index contributed by atoms with van der Waals surface area (Å²) in [6.07, 6.45) is 5.22. The van der Waals surface area contributed by atoms with Gasteiger partial charge in [-0.2, -0.15) is 0 Å². The molecule has 1 aliphatic heterocycles. The molecular weight excluding hydrogens is 188 g/mol. The Kier molecular flexibility index (Phi) is 2.75. The number of amides is 1. The van der Waals surface area contributed by atoms with Gasteiger partial charge in [0.2, 0.25) is 5.91 Å². The fourth-order valence-electron chi connectivity index (χ4n) is 3.08. The Hall–Kier alpha value is -0.570. The molecule has 2 rings (SSSR count). The molecule has 0 aromatic heterocycles. The van der Waals surface area contributed by atoms with Gasteiger partial charge >= 0.3 is 0 Å². The lowest BCUT2D eigenvalue weighted by Crippen LogP contribution is -2.51. The maximum absolute atomic E-state index is 11.8. The Balaban J connectivity index is 2.17. The molecule has 2 aliphatic rings. The maximum Gasteiger partial charge on any atom is 0.238 e. The first-order chi connectivity index (χ1) is 7.02. The molecule has 0 bridgehead atoms. The lowest BCUT2D eigenvalue weighted by atomic mass is 9.72. The number of rotatable bonds is 1. The van der Waals surface area contributed by atoms with Crippen molar-refractivity contribution in [3.63, 3.8) is 0 Å². The molecule has 0 radical (unpaired) electrons. The molecular formula is C12H22N2O. The Morgan fingerprint density at radius 3 is 2.67 bits per heavy atom. The summed E-state index contributed by atoms with van der Waals surface area (Å²) in [5.74, 6) is 0.280. The lowest BCUT2D eigenvalue weighted by molar-refractivity contribution is -0.133. The van der Waals surface area contributed by atoms with Gasteiger partial charge in [0.1, 0.15) is 0 Å². The van der Waals surface area contributed by atoms with E-state index in [4.69, 9.17) is 0 Å². The molecule has 1 aliphatic carbocycles. The van der Waals surface area contributed by atoms with Crippen LogP contribution in [0.2, 0.25) is 0 Å². The fourth-order valence-corrected chi connectivity index (χ4v) is 3.08. The highest BCUT2D eigenvalue weighted by Gasteiger charge is 2.42. The largest absolute Gasteiger partial charge is 0.323 e. The van der Waals surface area contributed by atoms with Gasteiger partial charge in [0, 0.05) is 6.04 Å². The van der Waals surface area contributed by atoms with Gasteiger partial charge in [-0.15, -0.1) is 0 Å². The minimum absolute atomic E-state index is 0.222. The van der Waals surface area contributed by atoms with E-state index >= 15 is 0 Å². The Morgan fingerprint density at radius 1 is 1.40 bits per heavy atom. The van der Waals surface area contributed by atoms with E-state index in [0.29, 0.717) is 12.6 Å². The molecule has 1 amide bonds. The van der Waals surface area contributed by atoms with Crippen LogP contribution in [0.15, 0.2) is 0 Å². The van der Waals surface area contributed by atoms with Gasteiger partial charge in [-0.3, -0.25) is 10.1 Å². The SMILES string of the molecule is CC1NCC(=O)N1C1CCCCC1(C)C. The molecule has 1 N–H and O–H groups in total. The van der Waals surface area contributed by atoms with Crippen LogP contribution in [0.25, 0.3) is 0 Å². The zero-order valence-electron chi connectivity index (χ0n) is 10.0. The molecule has 2 fully saturated rings. The van der Waals surface area contributed by atoms with Crippen LogP contribution in [0.5, 0.6) is 0 Å². The summed E-state index contributed by atoms with van der Waals surface area (Å²) >= 11 is 0. The maximum atomic E-state index is 11.8. The van der Waals surface area contributed by atoms with Crippen molar-refractivity contribution in [2.75, 3.05) is 6.54 Å². The first-order valence-electron chi connectivity index (χ1n) is 6.07. The average Bonchev–Trinajstić information content (AvgIpc) is 2.47. The van der Waals surface area contributed by atoms with Crippen molar-refractivity contribution in [3.8, 4) is 0 Å². The van der Waals surface area contributed by atoms with Gasteiger partial charge in [0.25, 0.3) is 0 Å². The van der Waals surface area contributed by atoms with E-state index in [9.17, 15) is 4.79 Å². The van der Waals surface area contributed by atoms with Crippen LogP contribution in [-0.4, -0.2) is 29.6 Å². The van der Waals surface area contributed by atoms with Crippen LogP contribution in [0, 0.1) is 5.41 Å². The van der Waals surface area contributed by atoms with Crippen molar-refractivity contribution < 1.29 is 4.79 Å². The second kappa shape index (κ2) is 3.78. The third-order valence-electron chi connectivity index (χ3n) is 4.04. The summed E-state index contributed by atoms with van der Waals surface area (Å²) in [6, 6.07) is 0.434. The van der Waals surface area contributed by atoms with Crippen molar-refractivity contribution in [2.24, 2.45) is 5.41 Å². The molecule has 3 nitrogen and oxygen atoms in total. The molecule has 0 aromatic carbocycles. The van der Waals surface area contributed by atoms with Gasteiger partial charge in [0.15, 0.2) is 0 Å². The van der Waals surface area contributed by atoms with Gasteiger partial charge in [0.05, 0.1) is 12.7 Å². The van der Waals surface area contributed by atoms with Gasteiger partial charge in [-0.25, -0.2) is 0 Å². The summed E-state index contributed by atoms with van der Waals surface area (Å²) in [4.78, 5) is 13.9. The summed E-state index contributed by atoms with van der Waals surface area (Å²) in [6.45, 7) is 7.22. The minimum Gasteiger partial charge on any atom is -0.323 e. The minimum atomic E-state index is 0.222. The highest BCUT2D eigenvalue weighted by molar-refractivity contribution is 5.81. The van der Waals surface area contributed by atoms with Crippen molar-refractivity contribution in [1.29, 1.82) is 0 Å². The van der Waals surface area contributed by atoms with E-state index in [-0.39, 0.29) is 17.5 Å². The standard InChI is InChI=1S/C12H22N2O/c1-9-13-8-11(15)14(9)10-6-4-5-7-12(10,2)3/h9-10,13H,4-8H2,1-3H3. The van der Waals surface area contributed by atoms with E-state index < -0.39 is 0 Å². The topological polar surface area (TPSA) is 32.3 Å². The first kappa shape index (κ1) is 10.9. The van der Waals surface area contributed by atoms with E-state index in [1.807, 2.05) is 0 Å². The molecule has 15 heavy (non-hydrogen) atoms. The van der Waals surface area contributed by atoms with Crippen LogP contribution >= 0.6 is 0 Å². The van der Waals surface area contributed by atoms with Crippen LogP contribution in [0.1, 0.15) is 46.5 Å². The number of carbonyl (C=O) groups excluding carboxylic acids is 1. The van der Waals surface area contributed by atoms with Crippen molar-refractivity contribution in [2.45, 2.75) is 58.7 Å². The molecule has 1 heterocycles. The highest BCUT2D eigenvalue weighted by atomic mass is 16.2. The molecule has 0 aromatic rings. The number of hydrogen-bond acceptors (Lipinski definition) is 2. The predicted molar refractivity (Wildman–Crippen MR) is 60.3 cm³/mol. The molecule has 2 atom stereocenters. The normalized spacial score (nSPS) is 35.9. The lowest BCUT2D eigenvalue weighted by Gasteiger charge is -2.45. The van der Waals surface area contributed by atoms with Crippen LogP contribution < -0.4 is 5.32 Å². The number of hydrogen-bond donors (Lipinski definition) is 1. The quantitative estimate of drug-likeness (QED) is 0.715. The molecule has 3 heteroatoms. The summed E-state index contributed by atoms with van der Waals surface area (Å²) in [5.41, 5.74) is 0.286. The van der Waals surface area contributed by atoms with Crippen molar-refractivity contribution in [3.05, 3.63) is 0 Å². The smallest absolute Gasteiger partial charge is 0.238 e. The van der Waals surface area contributed by atoms with E-state index in [1.54, 1.807) is 0 Å². The van der Waals surface area contributed by atoms with E-state index in [0.717, 1.165) is 0 Å². The number of nitrogens with zero attached hydrogens (tertiary/aromatic N) is 1. The van der Waals surface area contributed by atoms with Crippen LogP contribution in [-0.2, 0) is 4.79 Å². The van der Waals surface area contributed by atoms with E-state index in [1.165, 1.54) is 25.7 Å². The van der Waals surface area contributed by atoms with Crippen molar-refractivity contribution in [1.82, 2.24) is 10.2 Å². The third kappa shape index (κ3) is 1.89. The summed E-state index contributed by atoms with van der Waals surface area (Å²) < 4.78 is 0. The Labute approximate surface area is 92.2 Å². The van der Waals surface area contributed by atoms with Gasteiger partial charge < -0.3 is 4.90 Å². The first-order valence-corrected chi connectivity index (χ1v) is 6.07. The zero-order valence-corrected chi connectivity index (χ0v) is 10.0. The van der Waals surface area contributed by atoms with Gasteiger partial charge in [-0.05, 0) is 25.2 Å². The third-order valence-corrected chi connectivity index (χ3v) is 4.04. The Bertz CT molecular complexity index is 262.